The number of nitrogens with zero attached hydrogens (tertiary/aromatic N) is 2. The first kappa shape index (κ1) is 11.5. The molecule has 5 nitrogen and oxygen atoms in total. The van der Waals surface area contributed by atoms with Gasteiger partial charge in [-0.3, -0.25) is 15.1 Å². The maximum atomic E-state index is 11.6. The topological polar surface area (TPSA) is 71.4 Å². The molecule has 0 spiro atoms. The standard InChI is InChI=1S/C10H13N3O2/c1-2-9(14)10(12-7-13-15)8-4-3-5-11-6-8/h3-6,10,12H,2,7H2,1H3. The Hall–Kier alpha value is -1.62. The first-order valence-corrected chi connectivity index (χ1v) is 4.74. The Balaban J connectivity index is 2.81. The molecule has 15 heavy (non-hydrogen) atoms. The zero-order valence-corrected chi connectivity index (χ0v) is 8.51. The predicted molar refractivity (Wildman–Crippen MR) is 56.1 cm³/mol. The number of hydrogen-bond donors (Lipinski definition) is 1. The van der Waals surface area contributed by atoms with Crippen LogP contribution in [0.3, 0.4) is 0 Å². The lowest BCUT2D eigenvalue weighted by atomic mass is 10.0. The number of carbonyl (C=O) groups is 1. The van der Waals surface area contributed by atoms with Gasteiger partial charge in [0.15, 0.2) is 5.78 Å². The molecule has 1 unspecified atom stereocenters. The second-order valence-electron chi connectivity index (χ2n) is 3.03. The molecule has 0 radical (unpaired) electrons. The Morgan fingerprint density at radius 3 is 3.00 bits per heavy atom. The molecule has 0 aliphatic rings. The highest BCUT2D eigenvalue weighted by Crippen LogP contribution is 2.13. The van der Waals surface area contributed by atoms with Crippen LogP contribution in [-0.2, 0) is 4.79 Å². The van der Waals surface area contributed by atoms with Gasteiger partial charge in [-0.25, -0.2) is 0 Å². The lowest BCUT2D eigenvalue weighted by molar-refractivity contribution is -0.120. The summed E-state index contributed by atoms with van der Waals surface area (Å²) in [4.78, 5) is 25.5. The monoisotopic (exact) mass is 207 g/mol. The molecular weight excluding hydrogens is 194 g/mol. The fourth-order valence-electron chi connectivity index (χ4n) is 1.30. The molecule has 0 aliphatic heterocycles. The van der Waals surface area contributed by atoms with Gasteiger partial charge in [0.2, 0.25) is 0 Å². The number of ketones is 1. The fraction of sp³-hybridized carbons (Fsp3) is 0.400. The van der Waals surface area contributed by atoms with Gasteiger partial charge in [0.05, 0.1) is 6.04 Å². The molecule has 0 amide bonds. The van der Waals surface area contributed by atoms with Crippen molar-refractivity contribution in [2.45, 2.75) is 19.4 Å². The van der Waals surface area contributed by atoms with Crippen molar-refractivity contribution in [3.05, 3.63) is 35.0 Å². The summed E-state index contributed by atoms with van der Waals surface area (Å²) in [5.74, 6) is 0.0200. The summed E-state index contributed by atoms with van der Waals surface area (Å²) in [7, 11) is 0. The van der Waals surface area contributed by atoms with Gasteiger partial charge in [-0.1, -0.05) is 18.2 Å². The third-order valence-electron chi connectivity index (χ3n) is 2.05. The minimum Gasteiger partial charge on any atom is -0.298 e. The second kappa shape index (κ2) is 5.98. The Morgan fingerprint density at radius 1 is 1.67 bits per heavy atom. The van der Waals surface area contributed by atoms with Crippen LogP contribution in [0.2, 0.25) is 0 Å². The van der Waals surface area contributed by atoms with Gasteiger partial charge in [0, 0.05) is 18.8 Å². The average molecular weight is 207 g/mol. The molecule has 80 valence electrons. The summed E-state index contributed by atoms with van der Waals surface area (Å²) < 4.78 is 0. The zero-order valence-electron chi connectivity index (χ0n) is 8.51. The van der Waals surface area contributed by atoms with E-state index in [1.165, 1.54) is 0 Å². The van der Waals surface area contributed by atoms with Crippen molar-refractivity contribution < 1.29 is 4.79 Å². The molecule has 1 rings (SSSR count). The van der Waals surface area contributed by atoms with Gasteiger partial charge in [-0.2, -0.15) is 0 Å². The molecule has 0 aliphatic carbocycles. The highest BCUT2D eigenvalue weighted by atomic mass is 16.3. The molecular formula is C10H13N3O2. The summed E-state index contributed by atoms with van der Waals surface area (Å²) in [6.07, 6.45) is 3.65. The molecule has 1 heterocycles. The maximum absolute atomic E-state index is 11.6. The third-order valence-corrected chi connectivity index (χ3v) is 2.05. The summed E-state index contributed by atoms with van der Waals surface area (Å²) in [5.41, 5.74) is 0.757. The first-order chi connectivity index (χ1) is 7.29. The van der Waals surface area contributed by atoms with E-state index in [4.69, 9.17) is 0 Å². The Bertz CT molecular complexity index is 327. The van der Waals surface area contributed by atoms with E-state index in [1.807, 2.05) is 0 Å². The molecule has 0 fully saturated rings. The van der Waals surface area contributed by atoms with E-state index >= 15 is 0 Å². The molecule has 0 saturated heterocycles. The number of aromatic nitrogens is 1. The van der Waals surface area contributed by atoms with Crippen molar-refractivity contribution in [3.63, 3.8) is 0 Å². The first-order valence-electron chi connectivity index (χ1n) is 4.74. The number of Topliss-reactive ketones (excluding diaryl/α,β-unsaturated/α-hetero) is 1. The fourth-order valence-corrected chi connectivity index (χ4v) is 1.30. The largest absolute Gasteiger partial charge is 0.298 e. The molecule has 1 atom stereocenters. The van der Waals surface area contributed by atoms with Crippen LogP contribution in [-0.4, -0.2) is 17.4 Å². The summed E-state index contributed by atoms with van der Waals surface area (Å²) in [6, 6.07) is 3.06. The molecule has 5 heteroatoms. The van der Waals surface area contributed by atoms with Crippen molar-refractivity contribution in [2.24, 2.45) is 5.18 Å². The van der Waals surface area contributed by atoms with Gasteiger partial charge in [0.25, 0.3) is 0 Å². The normalized spacial score (nSPS) is 12.1. The van der Waals surface area contributed by atoms with Crippen LogP contribution in [0.5, 0.6) is 0 Å². The number of hydrogen-bond acceptors (Lipinski definition) is 5. The van der Waals surface area contributed by atoms with Crippen molar-refractivity contribution in [3.8, 4) is 0 Å². The number of carbonyl (C=O) groups excluding carboxylic acids is 1. The van der Waals surface area contributed by atoms with Crippen LogP contribution >= 0.6 is 0 Å². The maximum Gasteiger partial charge on any atom is 0.154 e. The highest BCUT2D eigenvalue weighted by molar-refractivity contribution is 5.84. The number of pyridine rings is 1. The van der Waals surface area contributed by atoms with E-state index in [2.05, 4.69) is 15.5 Å². The smallest absolute Gasteiger partial charge is 0.154 e. The number of nitrogens with one attached hydrogen (secondary N) is 1. The minimum atomic E-state index is -0.485. The number of rotatable bonds is 6. The quantitative estimate of drug-likeness (QED) is 0.716. The van der Waals surface area contributed by atoms with Crippen LogP contribution in [0.15, 0.2) is 29.7 Å². The lowest BCUT2D eigenvalue weighted by Crippen LogP contribution is -2.28. The van der Waals surface area contributed by atoms with Gasteiger partial charge < -0.3 is 0 Å². The Labute approximate surface area is 87.9 Å². The van der Waals surface area contributed by atoms with Gasteiger partial charge >= 0.3 is 0 Å². The van der Waals surface area contributed by atoms with Crippen molar-refractivity contribution >= 4 is 5.78 Å². The minimum absolute atomic E-state index is 0.0200. The third kappa shape index (κ3) is 3.21. The van der Waals surface area contributed by atoms with E-state index in [1.54, 1.807) is 31.5 Å². The average Bonchev–Trinajstić information content (AvgIpc) is 2.30. The van der Waals surface area contributed by atoms with Crippen LogP contribution in [0, 0.1) is 4.91 Å². The second-order valence-corrected chi connectivity index (χ2v) is 3.03. The summed E-state index contributed by atoms with van der Waals surface area (Å²) in [6.45, 7) is 1.70. The lowest BCUT2D eigenvalue weighted by Gasteiger charge is -2.14. The van der Waals surface area contributed by atoms with Gasteiger partial charge in [-0.05, 0) is 11.6 Å². The van der Waals surface area contributed by atoms with E-state index in [-0.39, 0.29) is 12.5 Å². The van der Waals surface area contributed by atoms with Crippen molar-refractivity contribution in [1.82, 2.24) is 10.3 Å². The van der Waals surface area contributed by atoms with E-state index in [9.17, 15) is 9.70 Å². The SMILES string of the molecule is CCC(=O)C(NCN=O)c1cccnc1. The highest BCUT2D eigenvalue weighted by Gasteiger charge is 2.17. The molecule has 1 N–H and O–H groups in total. The van der Waals surface area contributed by atoms with Gasteiger partial charge in [0.1, 0.15) is 6.67 Å². The summed E-state index contributed by atoms with van der Waals surface area (Å²) in [5, 5.41) is 5.45. The van der Waals surface area contributed by atoms with E-state index < -0.39 is 6.04 Å². The molecule has 1 aromatic heterocycles. The Kier molecular flexibility index (Phi) is 4.56. The molecule has 0 aromatic carbocycles. The molecule has 1 aromatic rings. The molecule has 0 bridgehead atoms. The molecule has 0 saturated carbocycles. The van der Waals surface area contributed by atoms with Crippen molar-refractivity contribution in [2.75, 3.05) is 6.67 Å². The Morgan fingerprint density at radius 2 is 2.47 bits per heavy atom. The van der Waals surface area contributed by atoms with Crippen LogP contribution in [0.4, 0.5) is 0 Å². The van der Waals surface area contributed by atoms with E-state index in [0.717, 1.165) is 5.56 Å². The van der Waals surface area contributed by atoms with Crippen LogP contribution in [0.1, 0.15) is 24.9 Å². The number of nitroso groups, excluding NO2 is 1. The predicted octanol–water partition coefficient (Wildman–Crippen LogP) is 1.42. The van der Waals surface area contributed by atoms with E-state index in [0.29, 0.717) is 6.42 Å². The van der Waals surface area contributed by atoms with Crippen molar-refractivity contribution in [1.29, 1.82) is 0 Å². The van der Waals surface area contributed by atoms with Crippen LogP contribution in [0.25, 0.3) is 0 Å². The zero-order chi connectivity index (χ0) is 11.1. The van der Waals surface area contributed by atoms with Gasteiger partial charge in [-0.15, -0.1) is 4.91 Å². The summed E-state index contributed by atoms with van der Waals surface area (Å²) >= 11 is 0. The van der Waals surface area contributed by atoms with Crippen LogP contribution < -0.4 is 5.32 Å².